The van der Waals surface area contributed by atoms with E-state index in [1.807, 2.05) is 19.1 Å². The van der Waals surface area contributed by atoms with Crippen molar-refractivity contribution in [2.24, 2.45) is 0 Å². The van der Waals surface area contributed by atoms with Crippen LogP contribution in [-0.2, 0) is 22.6 Å². The molecule has 166 valence electrons. The Kier molecular flexibility index (Phi) is 5.95. The number of hydrogen-bond acceptors (Lipinski definition) is 6. The van der Waals surface area contributed by atoms with Crippen LogP contribution in [0.2, 0.25) is 0 Å². The summed E-state index contributed by atoms with van der Waals surface area (Å²) in [5, 5.41) is 17.0. The molecule has 1 N–H and O–H groups in total. The Morgan fingerprint density at radius 3 is 2.91 bits per heavy atom. The number of fused-ring (bicyclic) bond motifs is 1. The third-order valence-corrected chi connectivity index (χ3v) is 5.71. The number of nitrogens with one attached hydrogen (secondary N) is 1. The molecule has 1 atom stereocenters. The molecule has 2 aromatic rings. The van der Waals surface area contributed by atoms with Crippen LogP contribution in [0.4, 0.5) is 4.39 Å². The van der Waals surface area contributed by atoms with Crippen molar-refractivity contribution in [2.75, 3.05) is 19.7 Å². The molecule has 0 spiro atoms. The molecule has 0 fully saturated rings. The topological polar surface area (TPSA) is 100 Å². The molecule has 4 rings (SSSR count). The van der Waals surface area contributed by atoms with Crippen LogP contribution in [0.3, 0.4) is 0 Å². The highest BCUT2D eigenvalue weighted by atomic mass is 19.1. The predicted octanol–water partition coefficient (Wildman–Crippen LogP) is 2.44. The number of nitriles is 1. The molecule has 0 aliphatic carbocycles. The quantitative estimate of drug-likeness (QED) is 0.722. The van der Waals surface area contributed by atoms with Crippen LogP contribution in [0.1, 0.15) is 59.1 Å². The van der Waals surface area contributed by atoms with Gasteiger partial charge in [0, 0.05) is 30.3 Å². The minimum atomic E-state index is -0.554. The Hall–Kier alpha value is -3.67. The van der Waals surface area contributed by atoms with E-state index in [9.17, 15) is 19.2 Å². The van der Waals surface area contributed by atoms with Gasteiger partial charge in [-0.25, -0.2) is 9.18 Å². The molecule has 0 saturated heterocycles. The number of nitrogens with zero attached hydrogens (tertiary/aromatic N) is 4. The summed E-state index contributed by atoms with van der Waals surface area (Å²) < 4.78 is 20.4. The van der Waals surface area contributed by atoms with Gasteiger partial charge in [0.1, 0.15) is 5.82 Å². The van der Waals surface area contributed by atoms with Gasteiger partial charge in [0.15, 0.2) is 5.69 Å². The molecule has 2 aliphatic heterocycles. The summed E-state index contributed by atoms with van der Waals surface area (Å²) in [6.45, 7) is 5.53. The predicted molar refractivity (Wildman–Crippen MR) is 113 cm³/mol. The SMILES string of the molecule is CCOC(=O)c1nn(Cc2ccc(F)cc2C#N)c2c1CN(C(=O)C1=CCCN1)CC2C. The summed E-state index contributed by atoms with van der Waals surface area (Å²) >= 11 is 0. The van der Waals surface area contributed by atoms with Crippen molar-refractivity contribution in [3.63, 3.8) is 0 Å². The number of aromatic nitrogens is 2. The molecular weight excluding hydrogens is 413 g/mol. The third-order valence-electron chi connectivity index (χ3n) is 5.71. The van der Waals surface area contributed by atoms with E-state index in [0.717, 1.165) is 18.7 Å². The van der Waals surface area contributed by atoms with E-state index in [1.54, 1.807) is 22.6 Å². The molecule has 0 saturated carbocycles. The largest absolute Gasteiger partial charge is 0.461 e. The van der Waals surface area contributed by atoms with Gasteiger partial charge >= 0.3 is 5.97 Å². The average Bonchev–Trinajstić information content (AvgIpc) is 3.43. The zero-order chi connectivity index (χ0) is 22.8. The maximum Gasteiger partial charge on any atom is 0.359 e. The van der Waals surface area contributed by atoms with Gasteiger partial charge in [-0.1, -0.05) is 19.1 Å². The van der Waals surface area contributed by atoms with Gasteiger partial charge in [0.2, 0.25) is 0 Å². The smallest absolute Gasteiger partial charge is 0.359 e. The van der Waals surface area contributed by atoms with Crippen LogP contribution in [0.15, 0.2) is 30.0 Å². The highest BCUT2D eigenvalue weighted by Crippen LogP contribution is 2.32. The summed E-state index contributed by atoms with van der Waals surface area (Å²) in [6, 6.07) is 6.04. The average molecular weight is 437 g/mol. The lowest BCUT2D eigenvalue weighted by atomic mass is 9.95. The van der Waals surface area contributed by atoms with Crippen molar-refractivity contribution in [1.29, 1.82) is 5.26 Å². The second-order valence-corrected chi connectivity index (χ2v) is 7.92. The Labute approximate surface area is 185 Å². The number of amides is 1. The van der Waals surface area contributed by atoms with Crippen molar-refractivity contribution in [2.45, 2.75) is 39.3 Å². The van der Waals surface area contributed by atoms with Gasteiger partial charge < -0.3 is 15.0 Å². The number of benzene rings is 1. The van der Waals surface area contributed by atoms with Gasteiger partial charge in [0.25, 0.3) is 5.91 Å². The number of carbonyl (C=O) groups excluding carboxylic acids is 2. The summed E-state index contributed by atoms with van der Waals surface area (Å²) in [4.78, 5) is 27.3. The van der Waals surface area contributed by atoms with Crippen LogP contribution in [0.25, 0.3) is 0 Å². The molecule has 32 heavy (non-hydrogen) atoms. The van der Waals surface area contributed by atoms with Crippen molar-refractivity contribution >= 4 is 11.9 Å². The maximum absolute atomic E-state index is 13.6. The van der Waals surface area contributed by atoms with E-state index in [4.69, 9.17) is 4.74 Å². The fourth-order valence-corrected chi connectivity index (χ4v) is 4.31. The van der Waals surface area contributed by atoms with Crippen molar-refractivity contribution in [3.05, 3.63) is 63.9 Å². The number of carbonyl (C=O) groups is 2. The third kappa shape index (κ3) is 3.96. The zero-order valence-corrected chi connectivity index (χ0v) is 18.0. The van der Waals surface area contributed by atoms with Gasteiger partial charge in [-0.05, 0) is 31.0 Å². The second kappa shape index (κ2) is 8.83. The Bertz CT molecular complexity index is 1150. The van der Waals surface area contributed by atoms with Crippen LogP contribution < -0.4 is 5.32 Å². The lowest BCUT2D eigenvalue weighted by Crippen LogP contribution is -2.41. The molecule has 8 nitrogen and oxygen atoms in total. The first-order chi connectivity index (χ1) is 15.4. The summed E-state index contributed by atoms with van der Waals surface area (Å²) in [6.07, 6.45) is 2.69. The fourth-order valence-electron chi connectivity index (χ4n) is 4.31. The van der Waals surface area contributed by atoms with Gasteiger partial charge in [-0.3, -0.25) is 9.48 Å². The van der Waals surface area contributed by atoms with E-state index in [2.05, 4.69) is 10.4 Å². The number of rotatable bonds is 5. The van der Waals surface area contributed by atoms with E-state index >= 15 is 0 Å². The normalized spacial score (nSPS) is 17.2. The molecule has 1 aromatic carbocycles. The summed E-state index contributed by atoms with van der Waals surface area (Å²) in [5.41, 5.74) is 3.02. The molecule has 0 bridgehead atoms. The molecule has 3 heterocycles. The molecule has 1 unspecified atom stereocenters. The first-order valence-electron chi connectivity index (χ1n) is 10.6. The standard InChI is InChI=1S/C23H24FN5O3/c1-3-32-23(31)20-18-13-28(22(30)19-5-4-8-26-19)11-14(2)21(18)29(27-20)12-15-6-7-17(24)9-16(15)10-25/h5-7,9,14,26H,3-4,8,11-13H2,1-2H3. The van der Waals surface area contributed by atoms with Gasteiger partial charge in [-0.2, -0.15) is 10.4 Å². The Balaban J connectivity index is 1.73. The van der Waals surface area contributed by atoms with Gasteiger partial charge in [0.05, 0.1) is 37.0 Å². The monoisotopic (exact) mass is 437 g/mol. The second-order valence-electron chi connectivity index (χ2n) is 7.92. The highest BCUT2D eigenvalue weighted by molar-refractivity contribution is 5.94. The first kappa shape index (κ1) is 21.6. The number of ether oxygens (including phenoxy) is 1. The van der Waals surface area contributed by atoms with Crippen LogP contribution in [0.5, 0.6) is 0 Å². The zero-order valence-electron chi connectivity index (χ0n) is 18.0. The molecule has 1 amide bonds. The lowest BCUT2D eigenvalue weighted by Gasteiger charge is -2.32. The molecule has 2 aliphatic rings. The first-order valence-corrected chi connectivity index (χ1v) is 10.6. The van der Waals surface area contributed by atoms with Crippen LogP contribution >= 0.6 is 0 Å². The number of esters is 1. The van der Waals surface area contributed by atoms with Crippen LogP contribution in [-0.4, -0.2) is 46.3 Å². The van der Waals surface area contributed by atoms with E-state index < -0.39 is 11.8 Å². The molecule has 0 radical (unpaired) electrons. The lowest BCUT2D eigenvalue weighted by molar-refractivity contribution is -0.128. The minimum absolute atomic E-state index is 0.104. The van der Waals surface area contributed by atoms with Crippen LogP contribution in [0, 0.1) is 17.1 Å². The van der Waals surface area contributed by atoms with Crippen molar-refractivity contribution < 1.29 is 18.7 Å². The van der Waals surface area contributed by atoms with Crippen molar-refractivity contribution in [1.82, 2.24) is 20.0 Å². The highest BCUT2D eigenvalue weighted by Gasteiger charge is 2.35. The molecule has 9 heteroatoms. The number of hydrogen-bond donors (Lipinski definition) is 1. The Morgan fingerprint density at radius 1 is 1.41 bits per heavy atom. The minimum Gasteiger partial charge on any atom is -0.461 e. The van der Waals surface area contributed by atoms with Crippen molar-refractivity contribution in [3.8, 4) is 6.07 Å². The van der Waals surface area contributed by atoms with E-state index in [0.29, 0.717) is 23.4 Å². The molecular formula is C23H24FN5O3. The number of halogens is 1. The summed E-state index contributed by atoms with van der Waals surface area (Å²) in [7, 11) is 0. The van der Waals surface area contributed by atoms with E-state index in [1.165, 1.54) is 12.1 Å². The van der Waals surface area contributed by atoms with Gasteiger partial charge in [-0.15, -0.1) is 0 Å². The van der Waals surface area contributed by atoms with E-state index in [-0.39, 0.29) is 42.8 Å². The fraction of sp³-hybridized carbons (Fsp3) is 0.391. The Morgan fingerprint density at radius 2 is 2.22 bits per heavy atom. The molecule has 1 aromatic heterocycles. The summed E-state index contributed by atoms with van der Waals surface area (Å²) in [5.74, 6) is -1.25. The maximum atomic E-state index is 13.6.